The Morgan fingerprint density at radius 1 is 1.35 bits per heavy atom. The molecule has 1 aromatic rings. The van der Waals surface area contributed by atoms with Gasteiger partial charge >= 0.3 is 6.03 Å². The molecule has 17 heavy (non-hydrogen) atoms. The van der Waals surface area contributed by atoms with Crippen LogP contribution in [0.4, 0.5) is 4.79 Å². The highest BCUT2D eigenvalue weighted by molar-refractivity contribution is 7.99. The van der Waals surface area contributed by atoms with Crippen molar-refractivity contribution in [2.75, 3.05) is 5.75 Å². The SMILES string of the molecule is CC1(CSc2ccccc2Cl)NC(=O)NC1=O. The van der Waals surface area contributed by atoms with E-state index in [0.29, 0.717) is 10.8 Å². The lowest BCUT2D eigenvalue weighted by atomic mass is 10.1. The highest BCUT2D eigenvalue weighted by atomic mass is 35.5. The fourth-order valence-electron chi connectivity index (χ4n) is 1.47. The van der Waals surface area contributed by atoms with Gasteiger partial charge in [0, 0.05) is 10.6 Å². The number of rotatable bonds is 3. The number of halogens is 1. The van der Waals surface area contributed by atoms with Gasteiger partial charge in [0.15, 0.2) is 0 Å². The molecule has 0 aliphatic carbocycles. The third-order valence-corrected chi connectivity index (χ3v) is 4.30. The fourth-order valence-corrected chi connectivity index (χ4v) is 2.79. The van der Waals surface area contributed by atoms with Gasteiger partial charge in [0.25, 0.3) is 5.91 Å². The lowest BCUT2D eigenvalue weighted by molar-refractivity contribution is -0.122. The minimum absolute atomic E-state index is 0.304. The van der Waals surface area contributed by atoms with E-state index in [-0.39, 0.29) is 5.91 Å². The number of imide groups is 1. The molecule has 1 aliphatic rings. The Labute approximate surface area is 108 Å². The van der Waals surface area contributed by atoms with Crippen LogP contribution in [-0.2, 0) is 4.79 Å². The maximum atomic E-state index is 11.6. The minimum Gasteiger partial charge on any atom is -0.323 e. The summed E-state index contributed by atoms with van der Waals surface area (Å²) in [6.07, 6.45) is 0. The van der Waals surface area contributed by atoms with Gasteiger partial charge in [-0.3, -0.25) is 10.1 Å². The second-order valence-electron chi connectivity index (χ2n) is 3.96. The van der Waals surface area contributed by atoms with Crippen LogP contribution in [0.3, 0.4) is 0 Å². The van der Waals surface area contributed by atoms with Gasteiger partial charge in [-0.05, 0) is 19.1 Å². The van der Waals surface area contributed by atoms with E-state index in [1.807, 2.05) is 18.2 Å². The number of hydrogen-bond donors (Lipinski definition) is 2. The molecule has 0 aromatic heterocycles. The molecular formula is C11H11ClN2O2S. The number of hydrogen-bond acceptors (Lipinski definition) is 3. The molecule has 1 aliphatic heterocycles. The zero-order valence-corrected chi connectivity index (χ0v) is 10.7. The topological polar surface area (TPSA) is 58.2 Å². The average Bonchev–Trinajstić information content (AvgIpc) is 2.52. The summed E-state index contributed by atoms with van der Waals surface area (Å²) in [5, 5.41) is 5.47. The zero-order chi connectivity index (χ0) is 12.5. The van der Waals surface area contributed by atoms with Crippen LogP contribution in [0.2, 0.25) is 5.02 Å². The Bertz CT molecular complexity index is 480. The summed E-state index contributed by atoms with van der Waals surface area (Å²) in [6, 6.07) is 6.95. The van der Waals surface area contributed by atoms with E-state index in [2.05, 4.69) is 10.6 Å². The third kappa shape index (κ3) is 2.56. The molecule has 0 radical (unpaired) electrons. The zero-order valence-electron chi connectivity index (χ0n) is 9.12. The average molecular weight is 271 g/mol. The van der Waals surface area contributed by atoms with Crippen molar-refractivity contribution in [3.8, 4) is 0 Å². The summed E-state index contributed by atoms with van der Waals surface area (Å²) in [6.45, 7) is 1.69. The predicted molar refractivity (Wildman–Crippen MR) is 67.3 cm³/mol. The Kier molecular flexibility index (Phi) is 3.31. The molecule has 1 saturated heterocycles. The van der Waals surface area contributed by atoms with E-state index in [0.717, 1.165) is 4.90 Å². The summed E-state index contributed by atoms with van der Waals surface area (Å²) >= 11 is 7.45. The summed E-state index contributed by atoms with van der Waals surface area (Å²) in [4.78, 5) is 23.5. The van der Waals surface area contributed by atoms with Gasteiger partial charge in [-0.1, -0.05) is 23.7 Å². The van der Waals surface area contributed by atoms with E-state index >= 15 is 0 Å². The van der Waals surface area contributed by atoms with Crippen molar-refractivity contribution < 1.29 is 9.59 Å². The normalized spacial score (nSPS) is 23.4. The highest BCUT2D eigenvalue weighted by Crippen LogP contribution is 2.29. The molecule has 1 unspecified atom stereocenters. The summed E-state index contributed by atoms with van der Waals surface area (Å²) in [7, 11) is 0. The van der Waals surface area contributed by atoms with Crippen LogP contribution in [-0.4, -0.2) is 23.2 Å². The molecule has 90 valence electrons. The van der Waals surface area contributed by atoms with Crippen molar-refractivity contribution in [3.63, 3.8) is 0 Å². The largest absolute Gasteiger partial charge is 0.323 e. The van der Waals surface area contributed by atoms with Crippen molar-refractivity contribution in [2.24, 2.45) is 0 Å². The number of benzene rings is 1. The summed E-state index contributed by atoms with van der Waals surface area (Å²) < 4.78 is 0. The maximum Gasteiger partial charge on any atom is 0.322 e. The number of amides is 3. The molecule has 3 amide bonds. The molecule has 2 N–H and O–H groups in total. The van der Waals surface area contributed by atoms with E-state index in [9.17, 15) is 9.59 Å². The summed E-state index contributed by atoms with van der Waals surface area (Å²) in [5.41, 5.74) is -0.874. The van der Waals surface area contributed by atoms with Gasteiger partial charge < -0.3 is 5.32 Å². The number of carbonyl (C=O) groups is 2. The molecule has 0 saturated carbocycles. The third-order valence-electron chi connectivity index (χ3n) is 2.47. The lowest BCUT2D eigenvalue weighted by Gasteiger charge is -2.19. The van der Waals surface area contributed by atoms with Crippen molar-refractivity contribution in [1.82, 2.24) is 10.6 Å². The van der Waals surface area contributed by atoms with Gasteiger partial charge in [-0.15, -0.1) is 11.8 Å². The summed E-state index contributed by atoms with van der Waals surface area (Å²) in [5.74, 6) is 0.135. The van der Waals surface area contributed by atoms with Gasteiger partial charge in [0.1, 0.15) is 5.54 Å². The van der Waals surface area contributed by atoms with Crippen molar-refractivity contribution >= 4 is 35.3 Å². The minimum atomic E-state index is -0.874. The molecule has 0 bridgehead atoms. The quantitative estimate of drug-likeness (QED) is 0.653. The van der Waals surface area contributed by atoms with Crippen LogP contribution in [0.15, 0.2) is 29.2 Å². The molecular weight excluding hydrogens is 260 g/mol. The van der Waals surface area contributed by atoms with Gasteiger partial charge in [0.2, 0.25) is 0 Å². The Balaban J connectivity index is 2.06. The van der Waals surface area contributed by atoms with E-state index in [1.54, 1.807) is 13.0 Å². The Hall–Kier alpha value is -1.20. The van der Waals surface area contributed by atoms with E-state index < -0.39 is 11.6 Å². The molecule has 1 aromatic carbocycles. The first kappa shape index (κ1) is 12.3. The molecule has 1 atom stereocenters. The standard InChI is InChI=1S/C11H11ClN2O2S/c1-11(9(15)13-10(16)14-11)6-17-8-5-3-2-4-7(8)12/h2-5H,6H2,1H3,(H2,13,14,15,16). The number of carbonyl (C=O) groups excluding carboxylic acids is 2. The van der Waals surface area contributed by atoms with Crippen LogP contribution < -0.4 is 10.6 Å². The van der Waals surface area contributed by atoms with E-state index in [1.165, 1.54) is 11.8 Å². The smallest absolute Gasteiger partial charge is 0.322 e. The van der Waals surface area contributed by atoms with E-state index in [4.69, 9.17) is 11.6 Å². The molecule has 1 heterocycles. The first-order valence-corrected chi connectivity index (χ1v) is 6.38. The molecule has 4 nitrogen and oxygen atoms in total. The predicted octanol–water partition coefficient (Wildman–Crippen LogP) is 2.03. The second kappa shape index (κ2) is 4.58. The van der Waals surface area contributed by atoms with Crippen LogP contribution in [0.5, 0.6) is 0 Å². The van der Waals surface area contributed by atoms with Gasteiger partial charge in [-0.2, -0.15) is 0 Å². The number of nitrogens with one attached hydrogen (secondary N) is 2. The fraction of sp³-hybridized carbons (Fsp3) is 0.273. The molecule has 1 fully saturated rings. The van der Waals surface area contributed by atoms with Crippen LogP contribution >= 0.6 is 23.4 Å². The Morgan fingerprint density at radius 3 is 2.65 bits per heavy atom. The molecule has 2 rings (SSSR count). The van der Waals surface area contributed by atoms with Gasteiger partial charge in [-0.25, -0.2) is 4.79 Å². The van der Waals surface area contributed by atoms with Gasteiger partial charge in [0.05, 0.1) is 5.02 Å². The Morgan fingerprint density at radius 2 is 2.06 bits per heavy atom. The molecule has 0 spiro atoms. The highest BCUT2D eigenvalue weighted by Gasteiger charge is 2.41. The molecule has 6 heteroatoms. The van der Waals surface area contributed by atoms with Crippen LogP contribution in [0.25, 0.3) is 0 Å². The monoisotopic (exact) mass is 270 g/mol. The second-order valence-corrected chi connectivity index (χ2v) is 5.38. The van der Waals surface area contributed by atoms with Crippen LogP contribution in [0, 0.1) is 0 Å². The maximum absolute atomic E-state index is 11.6. The van der Waals surface area contributed by atoms with Crippen LogP contribution in [0.1, 0.15) is 6.92 Å². The van der Waals surface area contributed by atoms with Crippen molar-refractivity contribution in [3.05, 3.63) is 29.3 Å². The van der Waals surface area contributed by atoms with Crippen molar-refractivity contribution in [2.45, 2.75) is 17.4 Å². The number of thioether (sulfide) groups is 1. The lowest BCUT2D eigenvalue weighted by Crippen LogP contribution is -2.46. The first-order valence-electron chi connectivity index (χ1n) is 5.02. The van der Waals surface area contributed by atoms with Crippen molar-refractivity contribution in [1.29, 1.82) is 0 Å². The first-order chi connectivity index (χ1) is 8.01. The number of urea groups is 1.